The fraction of sp³-hybridized carbons (Fsp3) is 0.429. The highest BCUT2D eigenvalue weighted by atomic mass is 32.1. The van der Waals surface area contributed by atoms with Crippen molar-refractivity contribution in [2.24, 2.45) is 5.92 Å². The molecule has 0 aliphatic heterocycles. The van der Waals surface area contributed by atoms with Crippen LogP contribution in [0.3, 0.4) is 0 Å². The van der Waals surface area contributed by atoms with Gasteiger partial charge in [-0.1, -0.05) is 26.0 Å². The number of benzene rings is 1. The van der Waals surface area contributed by atoms with Gasteiger partial charge in [0.15, 0.2) is 0 Å². The smallest absolute Gasteiger partial charge is 0.258 e. The van der Waals surface area contributed by atoms with E-state index in [1.807, 2.05) is 31.2 Å². The average molecular weight is 386 g/mol. The SMILES string of the molecule is Cc1cccc(NC(=O)c2c(NC(=O)CNCC(C)C)sc3c2CCC3)c1. The monoisotopic (exact) mass is 385 g/mol. The molecule has 0 fully saturated rings. The lowest BCUT2D eigenvalue weighted by Crippen LogP contribution is -2.30. The highest BCUT2D eigenvalue weighted by molar-refractivity contribution is 7.17. The molecule has 0 radical (unpaired) electrons. The molecule has 1 heterocycles. The Morgan fingerprint density at radius 3 is 2.74 bits per heavy atom. The molecular formula is C21H27N3O2S. The number of rotatable bonds is 7. The van der Waals surface area contributed by atoms with Crippen LogP contribution in [0.4, 0.5) is 10.7 Å². The second-order valence-corrected chi connectivity index (χ2v) is 8.56. The molecule has 0 unspecified atom stereocenters. The summed E-state index contributed by atoms with van der Waals surface area (Å²) in [6, 6.07) is 7.74. The van der Waals surface area contributed by atoms with E-state index in [0.717, 1.165) is 42.6 Å². The Morgan fingerprint density at radius 1 is 1.19 bits per heavy atom. The fourth-order valence-electron chi connectivity index (χ4n) is 3.29. The van der Waals surface area contributed by atoms with Crippen molar-refractivity contribution in [3.8, 4) is 0 Å². The van der Waals surface area contributed by atoms with Gasteiger partial charge in [-0.2, -0.15) is 0 Å². The first-order valence-electron chi connectivity index (χ1n) is 9.47. The molecule has 0 saturated heterocycles. The summed E-state index contributed by atoms with van der Waals surface area (Å²) in [6.45, 7) is 7.23. The number of fused-ring (bicyclic) bond motifs is 1. The molecule has 0 saturated carbocycles. The molecule has 6 heteroatoms. The van der Waals surface area contributed by atoms with Crippen molar-refractivity contribution in [2.45, 2.75) is 40.0 Å². The van der Waals surface area contributed by atoms with Crippen LogP contribution in [0.15, 0.2) is 24.3 Å². The first-order chi connectivity index (χ1) is 12.9. The number of hydrogen-bond acceptors (Lipinski definition) is 4. The van der Waals surface area contributed by atoms with Crippen molar-refractivity contribution in [1.82, 2.24) is 5.32 Å². The van der Waals surface area contributed by atoms with Crippen LogP contribution in [-0.2, 0) is 17.6 Å². The Kier molecular flexibility index (Phi) is 6.29. The normalized spacial score (nSPS) is 12.9. The van der Waals surface area contributed by atoms with Crippen LogP contribution in [-0.4, -0.2) is 24.9 Å². The highest BCUT2D eigenvalue weighted by Crippen LogP contribution is 2.39. The Bertz CT molecular complexity index is 842. The summed E-state index contributed by atoms with van der Waals surface area (Å²) >= 11 is 1.54. The maximum absolute atomic E-state index is 13.0. The first-order valence-corrected chi connectivity index (χ1v) is 10.3. The molecule has 0 atom stereocenters. The topological polar surface area (TPSA) is 70.2 Å². The number of anilines is 2. The summed E-state index contributed by atoms with van der Waals surface area (Å²) in [5, 5.41) is 9.74. The van der Waals surface area contributed by atoms with Gasteiger partial charge in [-0.05, 0) is 61.9 Å². The standard InChI is InChI=1S/C21H27N3O2S/c1-13(2)11-22-12-18(25)24-21-19(16-8-5-9-17(16)27-21)20(26)23-15-7-4-6-14(3)10-15/h4,6-7,10,13,22H,5,8-9,11-12H2,1-3H3,(H,23,26)(H,24,25). The number of nitrogens with one attached hydrogen (secondary N) is 3. The zero-order chi connectivity index (χ0) is 19.4. The maximum Gasteiger partial charge on any atom is 0.258 e. The van der Waals surface area contributed by atoms with Crippen LogP contribution in [0, 0.1) is 12.8 Å². The summed E-state index contributed by atoms with van der Waals surface area (Å²) < 4.78 is 0. The fourth-order valence-corrected chi connectivity index (χ4v) is 4.60. The number of aryl methyl sites for hydroxylation is 2. The Hall–Kier alpha value is -2.18. The second-order valence-electron chi connectivity index (χ2n) is 7.46. The zero-order valence-corrected chi connectivity index (χ0v) is 17.0. The number of carbonyl (C=O) groups is 2. The van der Waals surface area contributed by atoms with E-state index in [-0.39, 0.29) is 18.4 Å². The van der Waals surface area contributed by atoms with Gasteiger partial charge in [-0.15, -0.1) is 11.3 Å². The minimum atomic E-state index is -0.148. The van der Waals surface area contributed by atoms with E-state index in [4.69, 9.17) is 0 Å². The summed E-state index contributed by atoms with van der Waals surface area (Å²) in [7, 11) is 0. The summed E-state index contributed by atoms with van der Waals surface area (Å²) in [5.41, 5.74) is 3.59. The largest absolute Gasteiger partial charge is 0.322 e. The van der Waals surface area contributed by atoms with E-state index < -0.39 is 0 Å². The second kappa shape index (κ2) is 8.67. The quantitative estimate of drug-likeness (QED) is 0.675. The third kappa shape index (κ3) is 4.96. The molecule has 1 aliphatic rings. The van der Waals surface area contributed by atoms with Gasteiger partial charge in [-0.25, -0.2) is 0 Å². The average Bonchev–Trinajstić information content (AvgIpc) is 3.14. The van der Waals surface area contributed by atoms with Gasteiger partial charge in [-0.3, -0.25) is 9.59 Å². The van der Waals surface area contributed by atoms with Crippen LogP contribution >= 0.6 is 11.3 Å². The Morgan fingerprint density at radius 2 is 2.00 bits per heavy atom. The lowest BCUT2D eigenvalue weighted by atomic mass is 10.1. The van der Waals surface area contributed by atoms with Crippen molar-refractivity contribution < 1.29 is 9.59 Å². The van der Waals surface area contributed by atoms with Crippen molar-refractivity contribution in [3.63, 3.8) is 0 Å². The highest BCUT2D eigenvalue weighted by Gasteiger charge is 2.27. The van der Waals surface area contributed by atoms with Crippen LogP contribution < -0.4 is 16.0 Å². The summed E-state index contributed by atoms with van der Waals surface area (Å²) in [6.07, 6.45) is 2.94. The molecular weight excluding hydrogens is 358 g/mol. The Labute approximate surface area is 164 Å². The minimum Gasteiger partial charge on any atom is -0.322 e. The number of hydrogen-bond donors (Lipinski definition) is 3. The van der Waals surface area contributed by atoms with Gasteiger partial charge in [0.05, 0.1) is 12.1 Å². The summed E-state index contributed by atoms with van der Waals surface area (Å²) in [5.74, 6) is 0.227. The van der Waals surface area contributed by atoms with Gasteiger partial charge in [0.25, 0.3) is 5.91 Å². The molecule has 0 bridgehead atoms. The van der Waals surface area contributed by atoms with E-state index in [2.05, 4.69) is 29.8 Å². The predicted molar refractivity (Wildman–Crippen MR) is 112 cm³/mol. The lowest BCUT2D eigenvalue weighted by molar-refractivity contribution is -0.115. The van der Waals surface area contributed by atoms with E-state index in [9.17, 15) is 9.59 Å². The molecule has 2 aromatic rings. The van der Waals surface area contributed by atoms with Crippen molar-refractivity contribution >= 4 is 33.8 Å². The van der Waals surface area contributed by atoms with Gasteiger partial charge >= 0.3 is 0 Å². The molecule has 5 nitrogen and oxygen atoms in total. The molecule has 3 N–H and O–H groups in total. The van der Waals surface area contributed by atoms with Gasteiger partial charge in [0, 0.05) is 10.6 Å². The van der Waals surface area contributed by atoms with Crippen LogP contribution in [0.5, 0.6) is 0 Å². The van der Waals surface area contributed by atoms with E-state index >= 15 is 0 Å². The molecule has 27 heavy (non-hydrogen) atoms. The first kappa shape index (κ1) is 19.6. The molecule has 2 amide bonds. The zero-order valence-electron chi connectivity index (χ0n) is 16.1. The van der Waals surface area contributed by atoms with Gasteiger partial charge in [0.1, 0.15) is 5.00 Å². The third-order valence-corrected chi connectivity index (χ3v) is 5.72. The van der Waals surface area contributed by atoms with Crippen LogP contribution in [0.2, 0.25) is 0 Å². The lowest BCUT2D eigenvalue weighted by Gasteiger charge is -2.11. The number of thiophene rings is 1. The van der Waals surface area contributed by atoms with E-state index in [0.29, 0.717) is 16.5 Å². The number of carbonyl (C=O) groups excluding carboxylic acids is 2. The molecule has 0 spiro atoms. The molecule has 1 aromatic heterocycles. The van der Waals surface area contributed by atoms with Crippen LogP contribution in [0.1, 0.15) is 46.6 Å². The van der Waals surface area contributed by atoms with Crippen LogP contribution in [0.25, 0.3) is 0 Å². The molecule has 1 aromatic carbocycles. The van der Waals surface area contributed by atoms with Crippen molar-refractivity contribution in [3.05, 3.63) is 45.8 Å². The van der Waals surface area contributed by atoms with Crippen molar-refractivity contribution in [1.29, 1.82) is 0 Å². The number of amides is 2. The minimum absolute atomic E-state index is 0.111. The molecule has 1 aliphatic carbocycles. The molecule has 3 rings (SSSR count). The summed E-state index contributed by atoms with van der Waals surface area (Å²) in [4.78, 5) is 26.5. The van der Waals surface area contributed by atoms with E-state index in [1.165, 1.54) is 16.2 Å². The molecule has 144 valence electrons. The maximum atomic E-state index is 13.0. The van der Waals surface area contributed by atoms with Gasteiger partial charge < -0.3 is 16.0 Å². The van der Waals surface area contributed by atoms with E-state index in [1.54, 1.807) is 0 Å². The van der Waals surface area contributed by atoms with Gasteiger partial charge in [0.2, 0.25) is 5.91 Å². The van der Waals surface area contributed by atoms with Crippen molar-refractivity contribution in [2.75, 3.05) is 23.7 Å². The Balaban J connectivity index is 1.75. The predicted octanol–water partition coefficient (Wildman–Crippen LogP) is 3.98. The third-order valence-electron chi connectivity index (χ3n) is 4.52.